The number of nitrogens with one attached hydrogen (secondary N) is 4. The number of benzene rings is 1. The average molecular weight is 596 g/mol. The topological polar surface area (TPSA) is 124 Å². The minimum absolute atomic E-state index is 0.0231. The number of pyridine rings is 1. The molecule has 0 saturated heterocycles. The Morgan fingerprint density at radius 3 is 2.51 bits per heavy atom. The largest absolute Gasteiger partial charge is 0.395 e. The second-order valence-electron chi connectivity index (χ2n) is 11.5. The molecule has 0 radical (unpaired) electrons. The first kappa shape index (κ1) is 31.3. The Balaban J connectivity index is 1.80. The molecule has 1 saturated carbocycles. The second kappa shape index (κ2) is 11.6. The van der Waals surface area contributed by atoms with Gasteiger partial charge in [0.15, 0.2) is 0 Å². The molecule has 2 aromatic rings. The molecule has 9 nitrogen and oxygen atoms in total. The third kappa shape index (κ3) is 6.42. The Labute approximate surface area is 247 Å². The van der Waals surface area contributed by atoms with Crippen LogP contribution in [0.5, 0.6) is 0 Å². The quantitative estimate of drug-likeness (QED) is 0.143. The number of aromatic nitrogens is 1. The molecule has 1 aliphatic heterocycles. The summed E-state index contributed by atoms with van der Waals surface area (Å²) in [5.74, 6) is -0.680. The maximum absolute atomic E-state index is 14.1. The Hall–Kier alpha value is -4.62. The fraction of sp³-hybridized carbons (Fsp3) is 0.400. The van der Waals surface area contributed by atoms with E-state index >= 15 is 0 Å². The van der Waals surface area contributed by atoms with Gasteiger partial charge in [-0.25, -0.2) is 4.99 Å². The molecule has 1 atom stereocenters. The number of hydrogen-bond donors (Lipinski definition) is 4. The number of aliphatic imine (C=N–C) groups is 1. The normalized spacial score (nSPS) is 17.5. The van der Waals surface area contributed by atoms with E-state index < -0.39 is 30.1 Å². The van der Waals surface area contributed by atoms with E-state index in [1.807, 2.05) is 17.3 Å². The van der Waals surface area contributed by atoms with Crippen LogP contribution >= 0.6 is 0 Å². The number of hydrazine groups is 2. The number of alkyl halides is 3. The molecule has 1 aromatic heterocycles. The second-order valence-corrected chi connectivity index (χ2v) is 11.5. The van der Waals surface area contributed by atoms with Crippen molar-refractivity contribution in [3.8, 4) is 12.1 Å². The Bertz CT molecular complexity index is 1620. The van der Waals surface area contributed by atoms with Crippen molar-refractivity contribution in [1.82, 2.24) is 21.0 Å². The van der Waals surface area contributed by atoms with E-state index in [1.54, 1.807) is 19.1 Å². The fourth-order valence-corrected chi connectivity index (χ4v) is 4.37. The van der Waals surface area contributed by atoms with Gasteiger partial charge in [0.1, 0.15) is 12.1 Å². The van der Waals surface area contributed by atoms with Crippen molar-refractivity contribution in [2.45, 2.75) is 65.2 Å². The van der Waals surface area contributed by atoms with E-state index in [1.165, 1.54) is 19.2 Å². The van der Waals surface area contributed by atoms with E-state index in [0.29, 0.717) is 22.7 Å². The minimum Gasteiger partial charge on any atom is -0.382 e. The molecule has 1 aromatic carbocycles. The molecule has 0 unspecified atom stereocenters. The zero-order valence-corrected chi connectivity index (χ0v) is 24.5. The van der Waals surface area contributed by atoms with Gasteiger partial charge in [-0.2, -0.15) is 28.1 Å². The van der Waals surface area contributed by atoms with Crippen molar-refractivity contribution in [2.75, 3.05) is 17.2 Å². The van der Waals surface area contributed by atoms with Crippen LogP contribution in [-0.4, -0.2) is 40.0 Å². The summed E-state index contributed by atoms with van der Waals surface area (Å²) in [5, 5.41) is 28.1. The van der Waals surface area contributed by atoms with Crippen molar-refractivity contribution in [3.63, 3.8) is 0 Å². The van der Waals surface area contributed by atoms with Gasteiger partial charge in [-0.1, -0.05) is 6.58 Å². The lowest BCUT2D eigenvalue weighted by atomic mass is 9.92. The van der Waals surface area contributed by atoms with Gasteiger partial charge in [0, 0.05) is 35.7 Å². The molecule has 2 aliphatic rings. The van der Waals surface area contributed by atoms with Gasteiger partial charge in [-0.3, -0.25) is 9.99 Å². The number of hydrogen-bond acceptors (Lipinski definition) is 9. The average Bonchev–Trinajstić information content (AvgIpc) is 3.51. The number of halogens is 4. The summed E-state index contributed by atoms with van der Waals surface area (Å²) in [6.45, 7) is 11.0. The SMILES string of the molecule is C=C(C(C)=N/C(F)=C\C)[C@H](Nc1cc(C#N)c2ncc(C#N)c(NCC(C)(C)C(F)(F)F)c2c1)C1=CN(C2(C)CC2)NN1. The van der Waals surface area contributed by atoms with Crippen molar-refractivity contribution >= 4 is 28.0 Å². The van der Waals surface area contributed by atoms with Crippen molar-refractivity contribution in [3.05, 3.63) is 65.5 Å². The Kier molecular flexibility index (Phi) is 8.43. The minimum atomic E-state index is -4.50. The molecule has 43 heavy (non-hydrogen) atoms. The van der Waals surface area contributed by atoms with Crippen LogP contribution in [0.3, 0.4) is 0 Å². The van der Waals surface area contributed by atoms with Gasteiger partial charge in [-0.15, -0.1) is 5.53 Å². The summed E-state index contributed by atoms with van der Waals surface area (Å²) in [4.78, 5) is 8.24. The van der Waals surface area contributed by atoms with Crippen LogP contribution in [0.15, 0.2) is 59.4 Å². The van der Waals surface area contributed by atoms with Crippen molar-refractivity contribution in [2.24, 2.45) is 10.4 Å². The van der Waals surface area contributed by atoms with Gasteiger partial charge in [0.05, 0.1) is 45.0 Å². The molecule has 1 aliphatic carbocycles. The Morgan fingerprint density at radius 2 is 1.93 bits per heavy atom. The molecule has 0 spiro atoms. The first-order chi connectivity index (χ1) is 20.1. The van der Waals surface area contributed by atoms with Crippen LogP contribution in [0.2, 0.25) is 0 Å². The first-order valence-electron chi connectivity index (χ1n) is 13.6. The van der Waals surface area contributed by atoms with Crippen molar-refractivity contribution in [1.29, 1.82) is 10.5 Å². The highest BCUT2D eigenvalue weighted by atomic mass is 19.4. The van der Waals surface area contributed by atoms with E-state index in [0.717, 1.165) is 26.7 Å². The van der Waals surface area contributed by atoms with Crippen LogP contribution in [0.1, 0.15) is 58.6 Å². The van der Waals surface area contributed by atoms with E-state index in [2.05, 4.69) is 51.1 Å². The summed E-state index contributed by atoms with van der Waals surface area (Å²) in [7, 11) is 0. The predicted molar refractivity (Wildman–Crippen MR) is 158 cm³/mol. The third-order valence-corrected chi connectivity index (χ3v) is 7.78. The summed E-state index contributed by atoms with van der Waals surface area (Å²) in [6.07, 6.45) is 1.81. The molecular formula is C30H33F4N9. The lowest BCUT2D eigenvalue weighted by Gasteiger charge is -2.29. The van der Waals surface area contributed by atoms with E-state index in [-0.39, 0.29) is 33.3 Å². The molecule has 2 heterocycles. The number of fused-ring (bicyclic) bond motifs is 1. The summed E-state index contributed by atoms with van der Waals surface area (Å²) >= 11 is 0. The molecule has 226 valence electrons. The van der Waals surface area contributed by atoms with Gasteiger partial charge in [0.2, 0.25) is 5.95 Å². The fourth-order valence-electron chi connectivity index (χ4n) is 4.37. The number of rotatable bonds is 10. The number of anilines is 2. The first-order valence-corrected chi connectivity index (χ1v) is 13.6. The van der Waals surface area contributed by atoms with Gasteiger partial charge in [-0.05, 0) is 71.2 Å². The third-order valence-electron chi connectivity index (χ3n) is 7.78. The Morgan fingerprint density at radius 1 is 1.26 bits per heavy atom. The lowest BCUT2D eigenvalue weighted by molar-refractivity contribution is -0.206. The molecular weight excluding hydrogens is 562 g/mol. The molecule has 4 N–H and O–H groups in total. The van der Waals surface area contributed by atoms with Crippen molar-refractivity contribution < 1.29 is 17.6 Å². The maximum Gasteiger partial charge on any atom is 0.395 e. The number of nitriles is 2. The zero-order chi connectivity index (χ0) is 31.7. The van der Waals surface area contributed by atoms with Crippen LogP contribution in [0.4, 0.5) is 28.9 Å². The number of nitrogens with zero attached hydrogens (tertiary/aromatic N) is 5. The molecule has 13 heteroatoms. The highest BCUT2D eigenvalue weighted by Crippen LogP contribution is 2.42. The van der Waals surface area contributed by atoms with E-state index in [4.69, 9.17) is 0 Å². The summed E-state index contributed by atoms with van der Waals surface area (Å²) in [5.41, 5.74) is 6.36. The van der Waals surface area contributed by atoms with Crippen LogP contribution in [0.25, 0.3) is 10.9 Å². The van der Waals surface area contributed by atoms with Gasteiger partial charge in [0.25, 0.3) is 0 Å². The predicted octanol–water partition coefficient (Wildman–Crippen LogP) is 6.33. The van der Waals surface area contributed by atoms with Gasteiger partial charge >= 0.3 is 6.18 Å². The van der Waals surface area contributed by atoms with Crippen LogP contribution in [0, 0.1) is 28.1 Å². The molecule has 1 fully saturated rings. The zero-order valence-electron chi connectivity index (χ0n) is 24.5. The van der Waals surface area contributed by atoms with Crippen LogP contribution < -0.4 is 21.6 Å². The molecule has 0 bridgehead atoms. The summed E-state index contributed by atoms with van der Waals surface area (Å²) in [6, 6.07) is 6.53. The smallest absolute Gasteiger partial charge is 0.382 e. The highest BCUT2D eigenvalue weighted by Gasteiger charge is 2.47. The van der Waals surface area contributed by atoms with E-state index in [9.17, 15) is 28.1 Å². The maximum atomic E-state index is 14.1. The number of allylic oxidation sites excluding steroid dienone is 1. The monoisotopic (exact) mass is 595 g/mol. The van der Waals surface area contributed by atoms with Gasteiger partial charge < -0.3 is 16.1 Å². The summed E-state index contributed by atoms with van der Waals surface area (Å²) < 4.78 is 54.9. The standard InChI is InChI=1S/C30H33F4N9/c1-7-24(31)39-18(3)17(2)25(23-15-43(42-41-23)29(6)8-9-29)40-21-10-19(12-35)26-22(11-21)27(20(13-36)14-37-26)38-16-28(4,5)30(32,33)34/h7,10-11,14-15,25,40-42H,2,8-9,16H2,1,3-6H3,(H,37,38)/b24-7-,39-18?/t25-/m0/s1. The molecule has 0 amide bonds. The lowest BCUT2D eigenvalue weighted by Crippen LogP contribution is -2.44. The molecule has 4 rings (SSSR count). The van der Waals surface area contributed by atoms with Crippen LogP contribution in [-0.2, 0) is 0 Å². The highest BCUT2D eigenvalue weighted by molar-refractivity contribution is 6.01.